The van der Waals surface area contributed by atoms with E-state index in [1.807, 2.05) is 0 Å². The molecule has 10 heteroatoms. The summed E-state index contributed by atoms with van der Waals surface area (Å²) in [4.78, 5) is 22.4. The Hall–Kier alpha value is -1.32. The van der Waals surface area contributed by atoms with Gasteiger partial charge in [0.1, 0.15) is 11.2 Å². The maximum Gasteiger partial charge on any atom is 0.422 e. The van der Waals surface area contributed by atoms with E-state index in [4.69, 9.17) is 0 Å². The molecule has 0 aliphatic rings. The minimum absolute atomic E-state index is 0.715. The Morgan fingerprint density at radius 3 is 2.00 bits per heavy atom. The van der Waals surface area contributed by atoms with Crippen molar-refractivity contribution in [3.8, 4) is 0 Å². The van der Waals surface area contributed by atoms with Gasteiger partial charge in [-0.05, 0) is 13.8 Å². The van der Waals surface area contributed by atoms with Crippen LogP contribution in [0, 0.1) is 0 Å². The number of carbonyl (C=O) groups excluding carboxylic acids is 2. The van der Waals surface area contributed by atoms with Crippen molar-refractivity contribution in [2.75, 3.05) is 6.61 Å². The Bertz CT molecular complexity index is 425. The van der Waals surface area contributed by atoms with Crippen molar-refractivity contribution in [2.45, 2.75) is 37.3 Å². The van der Waals surface area contributed by atoms with E-state index in [0.717, 1.165) is 13.8 Å². The second-order valence-corrected chi connectivity index (χ2v) is 5.28. The summed E-state index contributed by atoms with van der Waals surface area (Å²) in [6, 6.07) is 0. The molecule has 21 heavy (non-hydrogen) atoms. The van der Waals surface area contributed by atoms with Crippen molar-refractivity contribution in [2.24, 2.45) is 0 Å². The van der Waals surface area contributed by atoms with Crippen LogP contribution in [0.1, 0.15) is 20.3 Å². The van der Waals surface area contributed by atoms with Crippen LogP contribution in [0.3, 0.4) is 0 Å². The van der Waals surface area contributed by atoms with Gasteiger partial charge in [0.25, 0.3) is 0 Å². The lowest BCUT2D eigenvalue weighted by molar-refractivity contribution is -0.168. The zero-order valence-corrected chi connectivity index (χ0v) is 12.0. The Labute approximate surface area is 122 Å². The summed E-state index contributed by atoms with van der Waals surface area (Å²) in [6.45, 7) is 3.46. The third-order valence-electron chi connectivity index (χ3n) is 1.93. The molecule has 0 spiro atoms. The van der Waals surface area contributed by atoms with Gasteiger partial charge in [-0.25, -0.2) is 4.79 Å². The summed E-state index contributed by atoms with van der Waals surface area (Å²) in [7, 11) is 0. The third kappa shape index (κ3) is 8.53. The summed E-state index contributed by atoms with van der Waals surface area (Å²) in [6.07, 6.45) is -5.69. The number of esters is 2. The highest BCUT2D eigenvalue weighted by atomic mass is 32.1. The molecule has 0 atom stereocenters. The molecule has 0 aliphatic carbocycles. The molecule has 0 radical (unpaired) electrons. The predicted octanol–water partition coefficient (Wildman–Crippen LogP) is 2.88. The number of halogens is 5. The number of rotatable bonds is 6. The summed E-state index contributed by atoms with van der Waals surface area (Å²) >= 11 is 2.82. The maximum absolute atomic E-state index is 12.3. The fourth-order valence-corrected chi connectivity index (χ4v) is 1.09. The topological polar surface area (TPSA) is 52.6 Å². The summed E-state index contributed by atoms with van der Waals surface area (Å²) in [5, 5.41) is -3.54. The zero-order chi connectivity index (χ0) is 17.1. The summed E-state index contributed by atoms with van der Waals surface area (Å²) < 4.78 is 69.9. The zero-order valence-electron chi connectivity index (χ0n) is 11.1. The molecule has 4 nitrogen and oxygen atoms in total. The van der Waals surface area contributed by atoms with Crippen LogP contribution >= 0.6 is 12.6 Å². The van der Waals surface area contributed by atoms with Crippen LogP contribution in [-0.4, -0.2) is 35.6 Å². The second kappa shape index (κ2) is 6.63. The van der Waals surface area contributed by atoms with E-state index in [1.54, 1.807) is 0 Å². The fraction of sp³-hybridized carbons (Fsp3) is 0.636. The van der Waals surface area contributed by atoms with Gasteiger partial charge in [0.05, 0.1) is 6.42 Å². The second-order valence-electron chi connectivity index (χ2n) is 4.63. The molecule has 0 saturated heterocycles. The van der Waals surface area contributed by atoms with Gasteiger partial charge < -0.3 is 9.47 Å². The average molecular weight is 336 g/mol. The van der Waals surface area contributed by atoms with E-state index in [9.17, 15) is 31.5 Å². The first-order chi connectivity index (χ1) is 9.14. The molecular weight excluding hydrogens is 323 g/mol. The number of hydrogen-bond acceptors (Lipinski definition) is 5. The standard InChI is InChI=1S/C11H13F5O4S/c1-6(11(14,15)16)8(18)20-9(2,3)4-7(17)19-5-10(12,13)21/h21H,1,4-5H2,2-3H3. The minimum atomic E-state index is -4.97. The van der Waals surface area contributed by atoms with Gasteiger partial charge in [-0.1, -0.05) is 6.58 Å². The molecule has 0 saturated carbocycles. The van der Waals surface area contributed by atoms with E-state index < -0.39 is 47.6 Å². The van der Waals surface area contributed by atoms with Crippen LogP contribution in [0.2, 0.25) is 0 Å². The number of alkyl halides is 5. The van der Waals surface area contributed by atoms with Crippen LogP contribution in [0.15, 0.2) is 12.2 Å². The molecule has 0 aliphatic heterocycles. The largest absolute Gasteiger partial charge is 0.458 e. The van der Waals surface area contributed by atoms with Crippen molar-refractivity contribution >= 4 is 24.6 Å². The molecular formula is C11H13F5O4S. The first kappa shape index (κ1) is 19.7. The molecule has 122 valence electrons. The average Bonchev–Trinajstić information content (AvgIpc) is 2.21. The van der Waals surface area contributed by atoms with Gasteiger partial charge in [0.15, 0.2) is 6.61 Å². The molecule has 0 amide bonds. The van der Waals surface area contributed by atoms with Crippen LogP contribution in [0.25, 0.3) is 0 Å². The van der Waals surface area contributed by atoms with Gasteiger partial charge in [-0.15, -0.1) is 12.6 Å². The highest BCUT2D eigenvalue weighted by Gasteiger charge is 2.40. The lowest BCUT2D eigenvalue weighted by atomic mass is 10.1. The van der Waals surface area contributed by atoms with Crippen molar-refractivity contribution in [3.63, 3.8) is 0 Å². The number of thiol groups is 1. The first-order valence-electron chi connectivity index (χ1n) is 5.39. The molecule has 0 unspecified atom stereocenters. The molecule has 0 fully saturated rings. The van der Waals surface area contributed by atoms with Crippen LogP contribution in [0.5, 0.6) is 0 Å². The normalized spacial score (nSPS) is 12.8. The Balaban J connectivity index is 4.53. The smallest absolute Gasteiger partial charge is 0.422 e. The van der Waals surface area contributed by atoms with E-state index >= 15 is 0 Å². The molecule has 0 N–H and O–H groups in total. The van der Waals surface area contributed by atoms with Crippen molar-refractivity contribution in [3.05, 3.63) is 12.2 Å². The number of hydrogen-bond donors (Lipinski definition) is 1. The van der Waals surface area contributed by atoms with E-state index in [1.165, 1.54) is 0 Å². The first-order valence-corrected chi connectivity index (χ1v) is 5.84. The highest BCUT2D eigenvalue weighted by Crippen LogP contribution is 2.27. The van der Waals surface area contributed by atoms with Gasteiger partial charge in [0, 0.05) is 0 Å². The Morgan fingerprint density at radius 1 is 1.14 bits per heavy atom. The van der Waals surface area contributed by atoms with Crippen molar-refractivity contribution < 1.29 is 41.0 Å². The SMILES string of the molecule is C=C(C(=O)OC(C)(C)CC(=O)OCC(F)(F)S)C(F)(F)F. The predicted molar refractivity (Wildman–Crippen MR) is 64.9 cm³/mol. The summed E-state index contributed by atoms with van der Waals surface area (Å²) in [5.74, 6) is -2.95. The van der Waals surface area contributed by atoms with Gasteiger partial charge in [0.2, 0.25) is 0 Å². The van der Waals surface area contributed by atoms with Crippen LogP contribution in [0.4, 0.5) is 22.0 Å². The molecule has 0 aromatic rings. The van der Waals surface area contributed by atoms with Crippen molar-refractivity contribution in [1.82, 2.24) is 0 Å². The lowest BCUT2D eigenvalue weighted by Crippen LogP contribution is -2.35. The third-order valence-corrected chi connectivity index (χ3v) is 2.06. The van der Waals surface area contributed by atoms with E-state index in [0.29, 0.717) is 0 Å². The van der Waals surface area contributed by atoms with E-state index in [2.05, 4.69) is 28.7 Å². The van der Waals surface area contributed by atoms with Crippen LogP contribution in [-0.2, 0) is 19.1 Å². The number of carbonyl (C=O) groups is 2. The van der Waals surface area contributed by atoms with Gasteiger partial charge in [-0.3, -0.25) is 4.79 Å². The molecule has 0 aromatic heterocycles. The van der Waals surface area contributed by atoms with Crippen LogP contribution < -0.4 is 0 Å². The van der Waals surface area contributed by atoms with Gasteiger partial charge in [-0.2, -0.15) is 22.0 Å². The van der Waals surface area contributed by atoms with E-state index in [-0.39, 0.29) is 0 Å². The molecule has 0 aromatic carbocycles. The maximum atomic E-state index is 12.3. The number of ether oxygens (including phenoxy) is 2. The molecule has 0 bridgehead atoms. The highest BCUT2D eigenvalue weighted by molar-refractivity contribution is 7.81. The monoisotopic (exact) mass is 336 g/mol. The van der Waals surface area contributed by atoms with Crippen molar-refractivity contribution in [1.29, 1.82) is 0 Å². The molecule has 0 rings (SSSR count). The minimum Gasteiger partial charge on any atom is -0.458 e. The quantitative estimate of drug-likeness (QED) is 0.351. The van der Waals surface area contributed by atoms with Gasteiger partial charge >= 0.3 is 23.4 Å². The summed E-state index contributed by atoms with van der Waals surface area (Å²) in [5.41, 5.74) is -3.43. The Morgan fingerprint density at radius 2 is 1.62 bits per heavy atom. The fourth-order valence-electron chi connectivity index (χ4n) is 1.03. The molecule has 0 heterocycles. The lowest BCUT2D eigenvalue weighted by Gasteiger charge is -2.25. The Kier molecular flexibility index (Phi) is 6.21.